The highest BCUT2D eigenvalue weighted by molar-refractivity contribution is 5.93. The predicted molar refractivity (Wildman–Crippen MR) is 76.6 cm³/mol. The molecule has 0 bridgehead atoms. The molecule has 1 fully saturated rings. The van der Waals surface area contributed by atoms with E-state index in [0.29, 0.717) is 17.7 Å². The van der Waals surface area contributed by atoms with Crippen molar-refractivity contribution < 1.29 is 0 Å². The highest BCUT2D eigenvalue weighted by Gasteiger charge is 2.27. The van der Waals surface area contributed by atoms with Crippen LogP contribution in [-0.2, 0) is 0 Å². The summed E-state index contributed by atoms with van der Waals surface area (Å²) in [5.41, 5.74) is 5.96. The number of nitrogens with zero attached hydrogens (tertiary/aromatic N) is 4. The number of nitrogens with two attached hydrogens (primary N) is 1. The Hall–Kier alpha value is -1.69. The summed E-state index contributed by atoms with van der Waals surface area (Å²) in [6, 6.07) is 2.24. The largest absolute Gasteiger partial charge is 0.382 e. The normalized spacial score (nSPS) is 19.1. The zero-order valence-electron chi connectivity index (χ0n) is 11.6. The van der Waals surface area contributed by atoms with Crippen LogP contribution in [0.3, 0.4) is 0 Å². The summed E-state index contributed by atoms with van der Waals surface area (Å²) in [4.78, 5) is 13.3. The molecule has 6 heteroatoms. The molecule has 2 heterocycles. The Bertz CT molecular complexity index is 443. The Morgan fingerprint density at radius 2 is 2.26 bits per heavy atom. The van der Waals surface area contributed by atoms with Gasteiger partial charge in [0.15, 0.2) is 0 Å². The smallest absolute Gasteiger partial charge is 0.226 e. The molecule has 1 aliphatic heterocycles. The first kappa shape index (κ1) is 13.7. The highest BCUT2D eigenvalue weighted by atomic mass is 15.3. The van der Waals surface area contributed by atoms with Gasteiger partial charge in [-0.25, -0.2) is 9.97 Å². The fourth-order valence-corrected chi connectivity index (χ4v) is 2.61. The molecule has 1 aromatic rings. The van der Waals surface area contributed by atoms with E-state index in [1.165, 1.54) is 0 Å². The molecule has 1 saturated heterocycles. The topological polar surface area (TPSA) is 82.1 Å². The van der Waals surface area contributed by atoms with Crippen LogP contribution in [-0.4, -0.2) is 52.9 Å². The average Bonchev–Trinajstić information content (AvgIpc) is 2.90. The number of anilines is 1. The van der Waals surface area contributed by atoms with Gasteiger partial charge in [-0.15, -0.1) is 0 Å². The quantitative estimate of drug-likeness (QED) is 0.602. The summed E-state index contributed by atoms with van der Waals surface area (Å²) in [6.45, 7) is 8.44. The van der Waals surface area contributed by atoms with Gasteiger partial charge < -0.3 is 10.6 Å². The third-order valence-electron chi connectivity index (χ3n) is 3.69. The molecular formula is C13H22N6. The van der Waals surface area contributed by atoms with Crippen LogP contribution in [0.5, 0.6) is 0 Å². The SMILES string of the molecule is CCN(CC)C1CCN(c2nccc(C(=N)N)n2)C1. The summed E-state index contributed by atoms with van der Waals surface area (Å²) >= 11 is 0. The maximum atomic E-state index is 7.43. The molecule has 2 rings (SSSR count). The number of amidine groups is 1. The molecule has 3 N–H and O–H groups in total. The number of likely N-dealkylation sites (N-methyl/N-ethyl adjacent to an activating group) is 1. The van der Waals surface area contributed by atoms with Crippen LogP contribution in [0.15, 0.2) is 12.3 Å². The van der Waals surface area contributed by atoms with Gasteiger partial charge >= 0.3 is 0 Å². The van der Waals surface area contributed by atoms with Crippen LogP contribution >= 0.6 is 0 Å². The molecule has 1 unspecified atom stereocenters. The first-order valence-corrected chi connectivity index (χ1v) is 6.82. The molecule has 0 saturated carbocycles. The van der Waals surface area contributed by atoms with Gasteiger partial charge in [-0.05, 0) is 25.6 Å². The second kappa shape index (κ2) is 5.97. The summed E-state index contributed by atoms with van der Waals surface area (Å²) in [5, 5.41) is 7.43. The van der Waals surface area contributed by atoms with Crippen molar-refractivity contribution in [1.82, 2.24) is 14.9 Å². The zero-order chi connectivity index (χ0) is 13.8. The van der Waals surface area contributed by atoms with E-state index in [9.17, 15) is 0 Å². The second-order valence-corrected chi connectivity index (χ2v) is 4.77. The molecule has 0 amide bonds. The van der Waals surface area contributed by atoms with E-state index in [2.05, 4.69) is 33.6 Å². The van der Waals surface area contributed by atoms with Crippen molar-refractivity contribution in [3.63, 3.8) is 0 Å². The van der Waals surface area contributed by atoms with Gasteiger partial charge in [0.2, 0.25) is 5.95 Å². The molecule has 1 atom stereocenters. The fraction of sp³-hybridized carbons (Fsp3) is 0.615. The number of hydrogen-bond acceptors (Lipinski definition) is 5. The maximum Gasteiger partial charge on any atom is 0.226 e. The Kier molecular flexibility index (Phi) is 4.31. The average molecular weight is 262 g/mol. The Morgan fingerprint density at radius 1 is 1.53 bits per heavy atom. The molecule has 104 valence electrons. The van der Waals surface area contributed by atoms with Gasteiger partial charge in [0, 0.05) is 25.3 Å². The van der Waals surface area contributed by atoms with Crippen molar-refractivity contribution >= 4 is 11.8 Å². The van der Waals surface area contributed by atoms with Gasteiger partial charge in [-0.2, -0.15) is 0 Å². The van der Waals surface area contributed by atoms with Gasteiger partial charge in [0.05, 0.1) is 0 Å². The molecule has 6 nitrogen and oxygen atoms in total. The Balaban J connectivity index is 2.08. The third kappa shape index (κ3) is 3.01. The highest BCUT2D eigenvalue weighted by Crippen LogP contribution is 2.19. The van der Waals surface area contributed by atoms with Crippen LogP contribution in [0.2, 0.25) is 0 Å². The van der Waals surface area contributed by atoms with Crippen LogP contribution in [0, 0.1) is 5.41 Å². The monoisotopic (exact) mass is 262 g/mol. The number of rotatable bonds is 5. The fourth-order valence-electron chi connectivity index (χ4n) is 2.61. The molecule has 1 aliphatic rings. The van der Waals surface area contributed by atoms with Gasteiger partial charge in [0.25, 0.3) is 0 Å². The molecule has 0 aromatic carbocycles. The Morgan fingerprint density at radius 3 is 2.89 bits per heavy atom. The van der Waals surface area contributed by atoms with E-state index in [4.69, 9.17) is 11.1 Å². The van der Waals surface area contributed by atoms with E-state index in [1.54, 1.807) is 12.3 Å². The number of nitrogen functional groups attached to an aromatic ring is 1. The number of nitrogens with one attached hydrogen (secondary N) is 1. The molecule has 0 spiro atoms. The summed E-state index contributed by atoms with van der Waals surface area (Å²) in [5.74, 6) is 0.672. The van der Waals surface area contributed by atoms with E-state index >= 15 is 0 Å². The maximum absolute atomic E-state index is 7.43. The summed E-state index contributed by atoms with van der Waals surface area (Å²) in [6.07, 6.45) is 2.80. The molecule has 0 aliphatic carbocycles. The molecule has 19 heavy (non-hydrogen) atoms. The number of hydrogen-bond donors (Lipinski definition) is 2. The van der Waals surface area contributed by atoms with E-state index < -0.39 is 0 Å². The standard InChI is InChI=1S/C13H22N6/c1-3-18(4-2)10-6-8-19(9-10)13-16-7-5-11(17-13)12(14)15/h5,7,10H,3-4,6,8-9H2,1-2H3,(H3,14,15). The first-order chi connectivity index (χ1) is 9.15. The van der Waals surface area contributed by atoms with Crippen molar-refractivity contribution in [3.8, 4) is 0 Å². The lowest BCUT2D eigenvalue weighted by atomic mass is 10.2. The third-order valence-corrected chi connectivity index (χ3v) is 3.69. The minimum absolute atomic E-state index is 0.0110. The van der Waals surface area contributed by atoms with Crippen LogP contribution < -0.4 is 10.6 Å². The summed E-state index contributed by atoms with van der Waals surface area (Å²) < 4.78 is 0. The predicted octanol–water partition coefficient (Wildman–Crippen LogP) is 0.681. The molecule has 1 aromatic heterocycles. The second-order valence-electron chi connectivity index (χ2n) is 4.77. The van der Waals surface area contributed by atoms with E-state index in [-0.39, 0.29) is 5.84 Å². The van der Waals surface area contributed by atoms with Crippen LogP contribution in [0.4, 0.5) is 5.95 Å². The summed E-state index contributed by atoms with van der Waals surface area (Å²) in [7, 11) is 0. The minimum atomic E-state index is -0.0110. The van der Waals surface area contributed by atoms with Crippen molar-refractivity contribution in [1.29, 1.82) is 5.41 Å². The van der Waals surface area contributed by atoms with Gasteiger partial charge in [-0.3, -0.25) is 10.3 Å². The molecular weight excluding hydrogens is 240 g/mol. The minimum Gasteiger partial charge on any atom is -0.382 e. The van der Waals surface area contributed by atoms with Crippen LogP contribution in [0.1, 0.15) is 26.0 Å². The van der Waals surface area contributed by atoms with Crippen LogP contribution in [0.25, 0.3) is 0 Å². The van der Waals surface area contributed by atoms with E-state index in [0.717, 1.165) is 32.6 Å². The van der Waals surface area contributed by atoms with Gasteiger partial charge in [-0.1, -0.05) is 13.8 Å². The lowest BCUT2D eigenvalue weighted by Gasteiger charge is -2.26. The van der Waals surface area contributed by atoms with Crippen molar-refractivity contribution in [2.45, 2.75) is 26.3 Å². The van der Waals surface area contributed by atoms with Crippen molar-refractivity contribution in [3.05, 3.63) is 18.0 Å². The first-order valence-electron chi connectivity index (χ1n) is 6.82. The lowest BCUT2D eigenvalue weighted by Crippen LogP contribution is -2.37. The number of aromatic nitrogens is 2. The van der Waals surface area contributed by atoms with Crippen molar-refractivity contribution in [2.75, 3.05) is 31.1 Å². The molecule has 0 radical (unpaired) electrons. The van der Waals surface area contributed by atoms with Gasteiger partial charge in [0.1, 0.15) is 11.5 Å². The van der Waals surface area contributed by atoms with Crippen molar-refractivity contribution in [2.24, 2.45) is 5.73 Å². The Labute approximate surface area is 114 Å². The van der Waals surface area contributed by atoms with E-state index in [1.807, 2.05) is 0 Å². The zero-order valence-corrected chi connectivity index (χ0v) is 11.6. The lowest BCUT2D eigenvalue weighted by molar-refractivity contribution is 0.232.